The molecule has 6 aromatic rings. The minimum Gasteiger partial charge on any atom is -0.310 e. The molecule has 1 heterocycles. The maximum Gasteiger partial charge on any atom is 0.0514 e. The van der Waals surface area contributed by atoms with Crippen LogP contribution in [0.4, 0.5) is 17.1 Å². The van der Waals surface area contributed by atoms with Gasteiger partial charge in [0.15, 0.2) is 0 Å². The highest BCUT2D eigenvalue weighted by Crippen LogP contribution is 2.73. The van der Waals surface area contributed by atoms with Gasteiger partial charge in [-0.05, 0) is 166 Å². The molecule has 5 atom stereocenters. The van der Waals surface area contributed by atoms with Gasteiger partial charge in [-0.25, -0.2) is 0 Å². The van der Waals surface area contributed by atoms with Crippen LogP contribution in [0.1, 0.15) is 113 Å². The first kappa shape index (κ1) is 35.4. The molecule has 7 aliphatic rings. The summed E-state index contributed by atoms with van der Waals surface area (Å²) in [5.41, 5.74) is 18.7. The van der Waals surface area contributed by atoms with Crippen molar-refractivity contribution >= 4 is 28.8 Å². The molecule has 2 heteroatoms. The SMILES string of the molecule is CC1(C)CCC(C)(C)c2c(-c3ccc(N(c4ccc5c(c4)C(C)(C)c4ccccc4-5)c4cccc5c4C4(c6ccccc6S5)C5CC6CC(C5)C4C6)cc3)cccc21. The minimum absolute atomic E-state index is 0.0390. The Hall–Kier alpha value is -4.53. The minimum atomic E-state index is -0.0833. The number of fused-ring (bicyclic) bond motifs is 6. The van der Waals surface area contributed by atoms with E-state index >= 15 is 0 Å². The van der Waals surface area contributed by atoms with E-state index in [0.29, 0.717) is 11.8 Å². The Bertz CT molecular complexity index is 2670. The predicted molar refractivity (Wildman–Crippen MR) is 243 cm³/mol. The van der Waals surface area contributed by atoms with Crippen molar-refractivity contribution < 1.29 is 0 Å². The van der Waals surface area contributed by atoms with Crippen molar-refractivity contribution in [3.63, 3.8) is 0 Å². The third kappa shape index (κ3) is 4.67. The molecule has 0 aromatic heterocycles. The molecule has 4 bridgehead atoms. The van der Waals surface area contributed by atoms with E-state index in [1.54, 1.807) is 11.1 Å². The van der Waals surface area contributed by atoms with E-state index in [0.717, 1.165) is 11.8 Å². The topological polar surface area (TPSA) is 3.24 Å². The molecule has 58 heavy (non-hydrogen) atoms. The van der Waals surface area contributed by atoms with Gasteiger partial charge in [-0.15, -0.1) is 0 Å². The van der Waals surface area contributed by atoms with Crippen LogP contribution in [-0.2, 0) is 21.7 Å². The third-order valence-electron chi connectivity index (χ3n) is 16.5. The number of hydrogen-bond donors (Lipinski definition) is 0. The fourth-order valence-corrected chi connectivity index (χ4v) is 15.2. The van der Waals surface area contributed by atoms with Crippen LogP contribution in [0.25, 0.3) is 22.3 Å². The largest absolute Gasteiger partial charge is 0.310 e. The second-order valence-corrected chi connectivity index (χ2v) is 21.9. The molecule has 1 aliphatic heterocycles. The molecule has 6 aliphatic carbocycles. The van der Waals surface area contributed by atoms with Crippen LogP contribution in [0.2, 0.25) is 0 Å². The van der Waals surface area contributed by atoms with Crippen molar-refractivity contribution in [2.75, 3.05) is 4.90 Å². The highest BCUT2D eigenvalue weighted by atomic mass is 32.2. The lowest BCUT2D eigenvalue weighted by molar-refractivity contribution is 0.181. The zero-order valence-corrected chi connectivity index (χ0v) is 35.8. The normalized spacial score (nSPS) is 26.8. The van der Waals surface area contributed by atoms with Crippen LogP contribution in [0.5, 0.6) is 0 Å². The van der Waals surface area contributed by atoms with Crippen LogP contribution in [0.15, 0.2) is 137 Å². The average molecular weight is 774 g/mol. The first-order valence-corrected chi connectivity index (χ1v) is 23.0. The van der Waals surface area contributed by atoms with Crippen molar-refractivity contribution in [1.82, 2.24) is 0 Å². The average Bonchev–Trinajstić information content (AvgIpc) is 3.74. The highest BCUT2D eigenvalue weighted by Gasteiger charge is 2.66. The van der Waals surface area contributed by atoms with E-state index in [-0.39, 0.29) is 21.7 Å². The molecule has 6 aromatic carbocycles. The summed E-state index contributed by atoms with van der Waals surface area (Å²) in [5, 5.41) is 0. The molecule has 0 N–H and O–H groups in total. The first-order valence-electron chi connectivity index (χ1n) is 22.2. The van der Waals surface area contributed by atoms with Crippen LogP contribution in [-0.4, -0.2) is 0 Å². The molecule has 0 saturated heterocycles. The fraction of sp³-hybridized carbons (Fsp3) is 0.357. The summed E-state index contributed by atoms with van der Waals surface area (Å²) in [7, 11) is 0. The van der Waals surface area contributed by atoms with Gasteiger partial charge in [0.2, 0.25) is 0 Å². The number of benzene rings is 6. The van der Waals surface area contributed by atoms with Crippen molar-refractivity contribution in [3.8, 4) is 22.3 Å². The molecule has 1 nitrogen and oxygen atoms in total. The van der Waals surface area contributed by atoms with Crippen LogP contribution < -0.4 is 4.90 Å². The zero-order chi connectivity index (χ0) is 39.3. The van der Waals surface area contributed by atoms with Gasteiger partial charge in [0, 0.05) is 37.6 Å². The Morgan fingerprint density at radius 3 is 2.02 bits per heavy atom. The summed E-state index contributed by atoms with van der Waals surface area (Å²) in [6.07, 6.45) is 7.99. The van der Waals surface area contributed by atoms with Crippen molar-refractivity contribution in [2.45, 2.75) is 112 Å². The van der Waals surface area contributed by atoms with Crippen molar-refractivity contribution in [1.29, 1.82) is 0 Å². The van der Waals surface area contributed by atoms with Gasteiger partial charge >= 0.3 is 0 Å². The van der Waals surface area contributed by atoms with Crippen molar-refractivity contribution in [2.24, 2.45) is 23.7 Å². The summed E-state index contributed by atoms with van der Waals surface area (Å²) < 4.78 is 0. The van der Waals surface area contributed by atoms with Crippen LogP contribution in [0.3, 0.4) is 0 Å². The van der Waals surface area contributed by atoms with Gasteiger partial charge in [0.25, 0.3) is 0 Å². The maximum absolute atomic E-state index is 2.67. The summed E-state index contributed by atoms with van der Waals surface area (Å²) in [6, 6.07) is 50.1. The number of hydrogen-bond acceptors (Lipinski definition) is 2. The van der Waals surface area contributed by atoms with E-state index in [2.05, 4.69) is 174 Å². The van der Waals surface area contributed by atoms with Gasteiger partial charge in [0.05, 0.1) is 5.69 Å². The van der Waals surface area contributed by atoms with E-state index in [1.165, 1.54) is 110 Å². The van der Waals surface area contributed by atoms with Crippen LogP contribution >= 0.6 is 11.8 Å². The Morgan fingerprint density at radius 1 is 0.517 bits per heavy atom. The Morgan fingerprint density at radius 2 is 1.19 bits per heavy atom. The molecule has 0 radical (unpaired) electrons. The molecule has 4 saturated carbocycles. The molecular weight excluding hydrogens is 719 g/mol. The summed E-state index contributed by atoms with van der Waals surface area (Å²) in [4.78, 5) is 5.61. The number of anilines is 3. The number of nitrogens with zero attached hydrogens (tertiary/aromatic N) is 1. The van der Waals surface area contributed by atoms with Gasteiger partial charge in [-0.1, -0.05) is 138 Å². The van der Waals surface area contributed by atoms with Gasteiger partial charge in [-0.2, -0.15) is 0 Å². The molecule has 0 amide bonds. The standard InChI is InChI=1S/C56H55NS/c1-53(2)27-28-54(3,4)51-40(14-11-17-45(51)53)35-21-23-38(24-22-35)57(39-25-26-42-41-13-7-8-15-43(41)55(5,6)47(42)33-39)48-18-12-20-50-52(48)56(44-16-9-10-19-49(44)58-50)37-30-34-29-36(32-37)46(56)31-34/h7-26,33-34,36-37,46H,27-32H2,1-6H3. The summed E-state index contributed by atoms with van der Waals surface area (Å²) in [6.45, 7) is 14.6. The second-order valence-electron chi connectivity index (χ2n) is 20.8. The highest BCUT2D eigenvalue weighted by molar-refractivity contribution is 7.99. The lowest BCUT2D eigenvalue weighted by Gasteiger charge is -2.50. The molecule has 290 valence electrons. The van der Waals surface area contributed by atoms with Gasteiger partial charge in [0.1, 0.15) is 0 Å². The predicted octanol–water partition coefficient (Wildman–Crippen LogP) is 15.3. The lowest BCUT2D eigenvalue weighted by Crippen LogP contribution is -2.44. The molecular formula is C56H55NS. The third-order valence-corrected chi connectivity index (χ3v) is 17.7. The monoisotopic (exact) mass is 773 g/mol. The molecule has 13 rings (SSSR count). The first-order chi connectivity index (χ1) is 28.0. The molecule has 4 fully saturated rings. The molecule has 5 unspecified atom stereocenters. The van der Waals surface area contributed by atoms with E-state index in [9.17, 15) is 0 Å². The zero-order valence-electron chi connectivity index (χ0n) is 35.0. The van der Waals surface area contributed by atoms with Gasteiger partial charge < -0.3 is 4.90 Å². The van der Waals surface area contributed by atoms with E-state index in [4.69, 9.17) is 0 Å². The number of rotatable bonds is 4. The quantitative estimate of drug-likeness (QED) is 0.176. The Kier molecular flexibility index (Phi) is 7.35. The van der Waals surface area contributed by atoms with Crippen LogP contribution in [0, 0.1) is 23.7 Å². The fourth-order valence-electron chi connectivity index (χ4n) is 14.0. The van der Waals surface area contributed by atoms with Crippen molar-refractivity contribution in [3.05, 3.63) is 161 Å². The van der Waals surface area contributed by atoms with E-state index in [1.807, 2.05) is 11.8 Å². The maximum atomic E-state index is 2.67. The van der Waals surface area contributed by atoms with Gasteiger partial charge in [-0.3, -0.25) is 0 Å². The van der Waals surface area contributed by atoms with E-state index < -0.39 is 0 Å². The summed E-state index contributed by atoms with van der Waals surface area (Å²) in [5.74, 6) is 3.12. The Labute approximate surface area is 350 Å². The smallest absolute Gasteiger partial charge is 0.0514 e. The summed E-state index contributed by atoms with van der Waals surface area (Å²) >= 11 is 2.02. The Balaban J connectivity index is 1.08. The lowest BCUT2D eigenvalue weighted by atomic mass is 9.57. The second kappa shape index (κ2) is 12.0. The molecule has 1 spiro atoms.